The molecule has 104 valence electrons. The van der Waals surface area contributed by atoms with Gasteiger partial charge in [-0.2, -0.15) is 0 Å². The maximum atomic E-state index is 12.6. The third kappa shape index (κ3) is 2.29. The van der Waals surface area contributed by atoms with Crippen LogP contribution < -0.4 is 4.90 Å². The molecule has 1 amide bonds. The SMILES string of the molecule is CCN(C(=O)C1CCCO1)c1cccc2ccccc12. The number of carbonyl (C=O) groups is 1. The number of ether oxygens (including phenoxy) is 1. The molecule has 1 aliphatic heterocycles. The Labute approximate surface area is 119 Å². The van der Waals surface area contributed by atoms with Gasteiger partial charge in [-0.25, -0.2) is 0 Å². The van der Waals surface area contributed by atoms with Crippen LogP contribution >= 0.6 is 0 Å². The number of hydrogen-bond acceptors (Lipinski definition) is 2. The molecule has 1 heterocycles. The molecule has 20 heavy (non-hydrogen) atoms. The largest absolute Gasteiger partial charge is 0.368 e. The van der Waals surface area contributed by atoms with Crippen LogP contribution in [0.15, 0.2) is 42.5 Å². The third-order valence-electron chi connectivity index (χ3n) is 3.84. The van der Waals surface area contributed by atoms with Crippen molar-refractivity contribution in [1.29, 1.82) is 0 Å². The Morgan fingerprint density at radius 3 is 2.80 bits per heavy atom. The van der Waals surface area contributed by atoms with Gasteiger partial charge in [-0.05, 0) is 31.2 Å². The summed E-state index contributed by atoms with van der Waals surface area (Å²) in [7, 11) is 0. The summed E-state index contributed by atoms with van der Waals surface area (Å²) in [5, 5.41) is 2.27. The zero-order valence-electron chi connectivity index (χ0n) is 11.7. The van der Waals surface area contributed by atoms with Crippen LogP contribution in [0.1, 0.15) is 19.8 Å². The van der Waals surface area contributed by atoms with Crippen molar-refractivity contribution in [2.24, 2.45) is 0 Å². The molecule has 0 bridgehead atoms. The van der Waals surface area contributed by atoms with Crippen LogP contribution in [0.25, 0.3) is 10.8 Å². The molecular formula is C17H19NO2. The summed E-state index contributed by atoms with van der Waals surface area (Å²) in [5.74, 6) is 0.0846. The molecule has 1 saturated heterocycles. The molecule has 0 N–H and O–H groups in total. The van der Waals surface area contributed by atoms with E-state index in [1.807, 2.05) is 36.1 Å². The van der Waals surface area contributed by atoms with E-state index in [-0.39, 0.29) is 12.0 Å². The summed E-state index contributed by atoms with van der Waals surface area (Å²) >= 11 is 0. The monoisotopic (exact) mass is 269 g/mol. The molecule has 1 aliphatic rings. The minimum absolute atomic E-state index is 0.0846. The van der Waals surface area contributed by atoms with E-state index in [1.165, 1.54) is 0 Å². The Morgan fingerprint density at radius 2 is 2.05 bits per heavy atom. The summed E-state index contributed by atoms with van der Waals surface area (Å²) in [6, 6.07) is 14.3. The Morgan fingerprint density at radius 1 is 1.25 bits per heavy atom. The van der Waals surface area contributed by atoms with Gasteiger partial charge in [-0.15, -0.1) is 0 Å². The molecule has 3 heteroatoms. The van der Waals surface area contributed by atoms with Gasteiger partial charge in [0.1, 0.15) is 6.10 Å². The van der Waals surface area contributed by atoms with Gasteiger partial charge < -0.3 is 9.64 Å². The fourth-order valence-corrected chi connectivity index (χ4v) is 2.83. The number of nitrogens with zero attached hydrogens (tertiary/aromatic N) is 1. The number of amides is 1. The molecule has 3 rings (SSSR count). The molecule has 0 aromatic heterocycles. The second-order valence-corrected chi connectivity index (χ2v) is 5.08. The fourth-order valence-electron chi connectivity index (χ4n) is 2.83. The fraction of sp³-hybridized carbons (Fsp3) is 0.353. The van der Waals surface area contributed by atoms with Gasteiger partial charge in [0.2, 0.25) is 0 Å². The molecule has 0 radical (unpaired) electrons. The third-order valence-corrected chi connectivity index (χ3v) is 3.84. The highest BCUT2D eigenvalue weighted by Crippen LogP contribution is 2.28. The lowest BCUT2D eigenvalue weighted by molar-refractivity contribution is -0.127. The first-order chi connectivity index (χ1) is 9.81. The van der Waals surface area contributed by atoms with Crippen LogP contribution in [0.2, 0.25) is 0 Å². The van der Waals surface area contributed by atoms with Crippen molar-refractivity contribution in [2.45, 2.75) is 25.9 Å². The van der Waals surface area contributed by atoms with Gasteiger partial charge in [0.15, 0.2) is 0 Å². The lowest BCUT2D eigenvalue weighted by atomic mass is 10.1. The van der Waals surface area contributed by atoms with Gasteiger partial charge >= 0.3 is 0 Å². The van der Waals surface area contributed by atoms with Crippen molar-refractivity contribution in [2.75, 3.05) is 18.1 Å². The van der Waals surface area contributed by atoms with E-state index in [1.54, 1.807) is 0 Å². The first-order valence-electron chi connectivity index (χ1n) is 7.22. The Bertz CT molecular complexity index is 612. The van der Waals surface area contributed by atoms with Gasteiger partial charge in [-0.3, -0.25) is 4.79 Å². The number of hydrogen-bond donors (Lipinski definition) is 0. The Kier molecular flexibility index (Phi) is 3.70. The van der Waals surface area contributed by atoms with Gasteiger partial charge in [-0.1, -0.05) is 36.4 Å². The lowest BCUT2D eigenvalue weighted by Gasteiger charge is -2.25. The molecule has 1 atom stereocenters. The number of fused-ring (bicyclic) bond motifs is 1. The van der Waals surface area contributed by atoms with E-state index in [0.29, 0.717) is 13.2 Å². The second-order valence-electron chi connectivity index (χ2n) is 5.08. The maximum Gasteiger partial charge on any atom is 0.256 e. The molecule has 3 nitrogen and oxygen atoms in total. The van der Waals surface area contributed by atoms with E-state index in [0.717, 1.165) is 29.3 Å². The first kappa shape index (κ1) is 13.1. The number of benzene rings is 2. The minimum Gasteiger partial charge on any atom is -0.368 e. The Balaban J connectivity index is 2.00. The van der Waals surface area contributed by atoms with E-state index in [9.17, 15) is 4.79 Å². The summed E-state index contributed by atoms with van der Waals surface area (Å²) in [6.07, 6.45) is 1.54. The lowest BCUT2D eigenvalue weighted by Crippen LogP contribution is -2.39. The molecule has 0 saturated carbocycles. The highest BCUT2D eigenvalue weighted by molar-refractivity contribution is 6.05. The molecule has 0 aliphatic carbocycles. The van der Waals surface area contributed by atoms with Crippen molar-refractivity contribution in [3.05, 3.63) is 42.5 Å². The van der Waals surface area contributed by atoms with E-state index < -0.39 is 0 Å². The average molecular weight is 269 g/mol. The van der Waals surface area contributed by atoms with Crippen molar-refractivity contribution >= 4 is 22.4 Å². The maximum absolute atomic E-state index is 12.6. The zero-order valence-corrected chi connectivity index (χ0v) is 11.7. The highest BCUT2D eigenvalue weighted by atomic mass is 16.5. The van der Waals surface area contributed by atoms with E-state index in [2.05, 4.69) is 18.2 Å². The predicted molar refractivity (Wildman–Crippen MR) is 80.9 cm³/mol. The van der Waals surface area contributed by atoms with Crippen molar-refractivity contribution < 1.29 is 9.53 Å². The Hall–Kier alpha value is -1.87. The second kappa shape index (κ2) is 5.63. The highest BCUT2D eigenvalue weighted by Gasteiger charge is 2.28. The number of anilines is 1. The van der Waals surface area contributed by atoms with Gasteiger partial charge in [0.05, 0.1) is 5.69 Å². The summed E-state index contributed by atoms with van der Waals surface area (Å²) < 4.78 is 5.54. The van der Waals surface area contributed by atoms with Crippen LogP contribution in [0.4, 0.5) is 5.69 Å². The molecule has 1 fully saturated rings. The van der Waals surface area contributed by atoms with Crippen molar-refractivity contribution in [3.8, 4) is 0 Å². The van der Waals surface area contributed by atoms with Crippen molar-refractivity contribution in [1.82, 2.24) is 0 Å². The summed E-state index contributed by atoms with van der Waals surface area (Å²) in [4.78, 5) is 14.5. The minimum atomic E-state index is -0.270. The zero-order chi connectivity index (χ0) is 13.9. The quantitative estimate of drug-likeness (QED) is 0.855. The molecular weight excluding hydrogens is 250 g/mol. The number of carbonyl (C=O) groups excluding carboxylic acids is 1. The topological polar surface area (TPSA) is 29.5 Å². The number of likely N-dealkylation sites (N-methyl/N-ethyl adjacent to an activating group) is 1. The van der Waals surface area contributed by atoms with Gasteiger partial charge in [0.25, 0.3) is 5.91 Å². The number of rotatable bonds is 3. The summed E-state index contributed by atoms with van der Waals surface area (Å²) in [5.41, 5.74) is 0.978. The van der Waals surface area contributed by atoms with Crippen LogP contribution in [0.3, 0.4) is 0 Å². The standard InChI is InChI=1S/C17H19NO2/c1-2-18(17(19)16-11-6-12-20-16)15-10-5-8-13-7-3-4-9-14(13)15/h3-5,7-10,16H,2,6,11-12H2,1H3. The normalized spacial score (nSPS) is 18.4. The average Bonchev–Trinajstić information content (AvgIpc) is 3.02. The van der Waals surface area contributed by atoms with Gasteiger partial charge in [0, 0.05) is 18.5 Å². The van der Waals surface area contributed by atoms with E-state index >= 15 is 0 Å². The van der Waals surface area contributed by atoms with Crippen LogP contribution in [-0.2, 0) is 9.53 Å². The smallest absolute Gasteiger partial charge is 0.256 e. The van der Waals surface area contributed by atoms with Crippen molar-refractivity contribution in [3.63, 3.8) is 0 Å². The van der Waals surface area contributed by atoms with Crippen LogP contribution in [0.5, 0.6) is 0 Å². The molecule has 2 aromatic carbocycles. The summed E-state index contributed by atoms with van der Waals surface area (Å²) in [6.45, 7) is 3.37. The predicted octanol–water partition coefficient (Wildman–Crippen LogP) is 3.37. The first-order valence-corrected chi connectivity index (χ1v) is 7.22. The van der Waals surface area contributed by atoms with Crippen LogP contribution in [0, 0.1) is 0 Å². The van der Waals surface area contributed by atoms with E-state index in [4.69, 9.17) is 4.74 Å². The molecule has 2 aromatic rings. The van der Waals surface area contributed by atoms with Crippen LogP contribution in [-0.4, -0.2) is 25.2 Å². The molecule has 1 unspecified atom stereocenters. The molecule has 0 spiro atoms.